The summed E-state index contributed by atoms with van der Waals surface area (Å²) in [6, 6.07) is 8.61. The van der Waals surface area contributed by atoms with E-state index in [4.69, 9.17) is 4.74 Å². The van der Waals surface area contributed by atoms with E-state index in [1.54, 1.807) is 7.11 Å². The second-order valence-corrected chi connectivity index (χ2v) is 7.05. The fourth-order valence-electron chi connectivity index (χ4n) is 4.36. The number of ether oxygens (including phenoxy) is 1. The Labute approximate surface area is 147 Å². The van der Waals surface area contributed by atoms with Crippen LogP contribution in [0.2, 0.25) is 0 Å². The number of aromatic amines is 1. The van der Waals surface area contributed by atoms with Crippen molar-refractivity contribution < 1.29 is 9.53 Å². The summed E-state index contributed by atoms with van der Waals surface area (Å²) in [5.41, 5.74) is 2.38. The van der Waals surface area contributed by atoms with Crippen molar-refractivity contribution in [2.75, 3.05) is 33.8 Å². The van der Waals surface area contributed by atoms with Gasteiger partial charge in [-0.25, -0.2) is 0 Å². The minimum Gasteiger partial charge on any atom is -0.497 e. The largest absolute Gasteiger partial charge is 0.497 e. The maximum absolute atomic E-state index is 12.7. The standard InChI is InChI=1S/C18H23N5O2/c1-11-16(20-21-19-11)18(24)23-9-13-8-22(2)17(15(13)10-23)12-4-6-14(25-3)7-5-12/h4-7,13,15,17H,8-10H2,1-3H3,(H,19,20,21)/t13-,15+,17+/m0/s1. The Kier molecular flexibility index (Phi) is 3.95. The Morgan fingerprint density at radius 2 is 1.96 bits per heavy atom. The number of nitrogens with zero attached hydrogens (tertiary/aromatic N) is 4. The van der Waals surface area contributed by atoms with Gasteiger partial charge in [0, 0.05) is 31.6 Å². The van der Waals surface area contributed by atoms with E-state index in [2.05, 4.69) is 39.5 Å². The van der Waals surface area contributed by atoms with Crippen LogP contribution in [0.25, 0.3) is 0 Å². The molecule has 2 aromatic rings. The molecular formula is C18H23N5O2. The molecule has 2 fully saturated rings. The summed E-state index contributed by atoms with van der Waals surface area (Å²) in [6.45, 7) is 4.36. The normalized spacial score (nSPS) is 26.0. The number of aromatic nitrogens is 3. The predicted octanol–water partition coefficient (Wildman–Crippen LogP) is 1.50. The monoisotopic (exact) mass is 341 g/mol. The molecule has 0 saturated carbocycles. The van der Waals surface area contributed by atoms with Crippen LogP contribution in [0.15, 0.2) is 24.3 Å². The number of hydrogen-bond acceptors (Lipinski definition) is 5. The number of nitrogens with one attached hydrogen (secondary N) is 1. The molecule has 1 amide bonds. The lowest BCUT2D eigenvalue weighted by atomic mass is 9.89. The molecule has 7 heteroatoms. The molecule has 0 unspecified atom stereocenters. The molecule has 0 spiro atoms. The van der Waals surface area contributed by atoms with Crippen LogP contribution in [0.4, 0.5) is 0 Å². The molecule has 2 aliphatic rings. The molecule has 2 aliphatic heterocycles. The lowest BCUT2D eigenvalue weighted by molar-refractivity contribution is 0.0761. The number of methoxy groups -OCH3 is 1. The summed E-state index contributed by atoms with van der Waals surface area (Å²) in [5.74, 6) is 1.78. The van der Waals surface area contributed by atoms with Crippen LogP contribution in [0, 0.1) is 18.8 Å². The van der Waals surface area contributed by atoms with E-state index in [-0.39, 0.29) is 5.91 Å². The van der Waals surface area contributed by atoms with Crippen molar-refractivity contribution in [2.24, 2.45) is 11.8 Å². The molecule has 0 aliphatic carbocycles. The number of H-pyrrole nitrogens is 1. The summed E-state index contributed by atoms with van der Waals surface area (Å²) < 4.78 is 5.26. The molecular weight excluding hydrogens is 318 g/mol. The van der Waals surface area contributed by atoms with Crippen molar-refractivity contribution in [3.8, 4) is 5.75 Å². The molecule has 2 saturated heterocycles. The Hall–Kier alpha value is -2.41. The quantitative estimate of drug-likeness (QED) is 0.916. The Balaban J connectivity index is 1.54. The van der Waals surface area contributed by atoms with Crippen molar-refractivity contribution in [3.05, 3.63) is 41.2 Å². The first-order valence-electron chi connectivity index (χ1n) is 8.59. The lowest BCUT2D eigenvalue weighted by Gasteiger charge is -2.26. The number of likely N-dealkylation sites (tertiary alicyclic amines) is 2. The maximum Gasteiger partial charge on any atom is 0.276 e. The minimum absolute atomic E-state index is 0.0169. The highest BCUT2D eigenvalue weighted by Crippen LogP contribution is 2.44. The van der Waals surface area contributed by atoms with Gasteiger partial charge in [0.05, 0.1) is 12.8 Å². The predicted molar refractivity (Wildman–Crippen MR) is 92.4 cm³/mol. The third kappa shape index (κ3) is 2.68. The highest BCUT2D eigenvalue weighted by molar-refractivity contribution is 5.93. The third-order valence-corrected chi connectivity index (χ3v) is 5.56. The van der Waals surface area contributed by atoms with E-state index >= 15 is 0 Å². The van der Waals surface area contributed by atoms with Crippen LogP contribution in [0.3, 0.4) is 0 Å². The second kappa shape index (κ2) is 6.15. The number of carbonyl (C=O) groups excluding carboxylic acids is 1. The smallest absolute Gasteiger partial charge is 0.276 e. The molecule has 0 radical (unpaired) electrons. The van der Waals surface area contributed by atoms with E-state index in [1.807, 2.05) is 24.0 Å². The molecule has 3 heterocycles. The van der Waals surface area contributed by atoms with Gasteiger partial charge in [-0.05, 0) is 37.6 Å². The fourth-order valence-corrected chi connectivity index (χ4v) is 4.36. The lowest BCUT2D eigenvalue weighted by Crippen LogP contribution is -2.34. The maximum atomic E-state index is 12.7. The molecule has 1 N–H and O–H groups in total. The zero-order valence-corrected chi connectivity index (χ0v) is 14.8. The van der Waals surface area contributed by atoms with Crippen LogP contribution < -0.4 is 4.74 Å². The van der Waals surface area contributed by atoms with Gasteiger partial charge in [-0.1, -0.05) is 12.1 Å². The first-order chi connectivity index (χ1) is 12.1. The molecule has 132 valence electrons. The Morgan fingerprint density at radius 3 is 2.60 bits per heavy atom. The van der Waals surface area contributed by atoms with Crippen LogP contribution in [-0.4, -0.2) is 64.9 Å². The zero-order valence-electron chi connectivity index (χ0n) is 14.8. The number of aryl methyl sites for hydroxylation is 1. The topological polar surface area (TPSA) is 74.3 Å². The number of hydrogen-bond donors (Lipinski definition) is 1. The van der Waals surface area contributed by atoms with Crippen LogP contribution in [0.1, 0.15) is 27.8 Å². The molecule has 25 heavy (non-hydrogen) atoms. The second-order valence-electron chi connectivity index (χ2n) is 7.05. The van der Waals surface area contributed by atoms with E-state index in [1.165, 1.54) is 5.56 Å². The minimum atomic E-state index is -0.0169. The number of rotatable bonds is 3. The van der Waals surface area contributed by atoms with E-state index in [9.17, 15) is 4.79 Å². The summed E-state index contributed by atoms with van der Waals surface area (Å²) in [6.07, 6.45) is 0. The number of amides is 1. The van der Waals surface area contributed by atoms with Crippen molar-refractivity contribution in [1.29, 1.82) is 0 Å². The highest BCUT2D eigenvalue weighted by atomic mass is 16.5. The van der Waals surface area contributed by atoms with Gasteiger partial charge in [-0.3, -0.25) is 9.69 Å². The summed E-state index contributed by atoms with van der Waals surface area (Å²) in [4.78, 5) is 17.1. The van der Waals surface area contributed by atoms with Crippen molar-refractivity contribution in [3.63, 3.8) is 0 Å². The summed E-state index contributed by atoms with van der Waals surface area (Å²) in [7, 11) is 3.85. The molecule has 1 aromatic carbocycles. The summed E-state index contributed by atoms with van der Waals surface area (Å²) in [5, 5.41) is 10.5. The van der Waals surface area contributed by atoms with Crippen molar-refractivity contribution in [1.82, 2.24) is 25.2 Å². The number of fused-ring (bicyclic) bond motifs is 1. The van der Waals surface area contributed by atoms with Crippen LogP contribution in [0.5, 0.6) is 5.75 Å². The number of carbonyl (C=O) groups is 1. The fraction of sp³-hybridized carbons (Fsp3) is 0.500. The van der Waals surface area contributed by atoms with Crippen molar-refractivity contribution in [2.45, 2.75) is 13.0 Å². The van der Waals surface area contributed by atoms with Crippen molar-refractivity contribution >= 4 is 5.91 Å². The van der Waals surface area contributed by atoms with E-state index in [0.29, 0.717) is 29.3 Å². The first kappa shape index (κ1) is 16.1. The molecule has 4 rings (SSSR count). The van der Waals surface area contributed by atoms with Gasteiger partial charge in [0.25, 0.3) is 5.91 Å². The average molecular weight is 341 g/mol. The SMILES string of the molecule is COc1ccc([C@@H]2[C@@H]3CN(C(=O)c4n[nH]nc4C)C[C@@H]3CN2C)cc1. The van der Waals surface area contributed by atoms with Crippen LogP contribution >= 0.6 is 0 Å². The third-order valence-electron chi connectivity index (χ3n) is 5.56. The summed E-state index contributed by atoms with van der Waals surface area (Å²) >= 11 is 0. The average Bonchev–Trinajstić information content (AvgIpc) is 3.28. The first-order valence-corrected chi connectivity index (χ1v) is 8.59. The van der Waals surface area contributed by atoms with Gasteiger partial charge >= 0.3 is 0 Å². The highest BCUT2D eigenvalue weighted by Gasteiger charge is 2.47. The van der Waals surface area contributed by atoms with Crippen LogP contribution in [-0.2, 0) is 0 Å². The number of benzene rings is 1. The molecule has 0 bridgehead atoms. The van der Waals surface area contributed by atoms with Gasteiger partial charge in [-0.15, -0.1) is 0 Å². The molecule has 7 nitrogen and oxygen atoms in total. The van der Waals surface area contributed by atoms with Gasteiger partial charge < -0.3 is 9.64 Å². The zero-order chi connectivity index (χ0) is 17.6. The van der Waals surface area contributed by atoms with E-state index < -0.39 is 0 Å². The van der Waals surface area contributed by atoms with E-state index in [0.717, 1.165) is 25.4 Å². The Bertz CT molecular complexity index is 772. The van der Waals surface area contributed by atoms with Gasteiger partial charge in [0.1, 0.15) is 5.75 Å². The van der Waals surface area contributed by atoms with Gasteiger partial charge in [-0.2, -0.15) is 15.4 Å². The van der Waals surface area contributed by atoms with Gasteiger partial charge in [0.2, 0.25) is 0 Å². The Morgan fingerprint density at radius 1 is 1.20 bits per heavy atom. The van der Waals surface area contributed by atoms with Gasteiger partial charge in [0.15, 0.2) is 5.69 Å². The molecule has 3 atom stereocenters. The molecule has 1 aromatic heterocycles.